The molecular weight excluding hydrogens is 301 g/mol. The van der Waals surface area contributed by atoms with Crippen molar-refractivity contribution in [3.63, 3.8) is 0 Å². The first-order valence-corrected chi connectivity index (χ1v) is 8.61. The second kappa shape index (κ2) is 5.93. The molecule has 0 saturated heterocycles. The number of rotatable bonds is 3. The molecule has 0 N–H and O–H groups in total. The lowest BCUT2D eigenvalue weighted by Crippen LogP contribution is -2.34. The molecule has 0 fully saturated rings. The van der Waals surface area contributed by atoms with Gasteiger partial charge in [0.2, 0.25) is 0 Å². The van der Waals surface area contributed by atoms with E-state index >= 15 is 0 Å². The molecule has 0 aliphatic carbocycles. The molecule has 3 rings (SSSR count). The third kappa shape index (κ3) is 2.90. The summed E-state index contributed by atoms with van der Waals surface area (Å²) in [5.74, 6) is -0.492. The van der Waals surface area contributed by atoms with Crippen molar-refractivity contribution in [3.8, 4) is 0 Å². The molecule has 2 aromatic rings. The van der Waals surface area contributed by atoms with E-state index < -0.39 is 15.8 Å². The minimum Gasteiger partial charge on any atom is -0.264 e. The van der Waals surface area contributed by atoms with Gasteiger partial charge in [0.25, 0.3) is 10.0 Å². The number of para-hydroxylation sites is 1. The fourth-order valence-electron chi connectivity index (χ4n) is 2.62. The van der Waals surface area contributed by atoms with E-state index in [-0.39, 0.29) is 5.69 Å². The highest BCUT2D eigenvalue weighted by Crippen LogP contribution is 2.32. The summed E-state index contributed by atoms with van der Waals surface area (Å²) < 4.78 is 40.3. The fraction of sp³-hybridized carbons (Fsp3) is 0.176. The minimum atomic E-state index is -3.70. The SMILES string of the molecule is O=S(=O)(/C=C/c1ccccc1)N1CCCc2cccc(F)c21. The highest BCUT2D eigenvalue weighted by atomic mass is 32.2. The maximum atomic E-state index is 14.1. The zero-order valence-corrected chi connectivity index (χ0v) is 12.8. The van der Waals surface area contributed by atoms with Crippen molar-refractivity contribution in [2.24, 2.45) is 0 Å². The van der Waals surface area contributed by atoms with Crippen molar-refractivity contribution < 1.29 is 12.8 Å². The van der Waals surface area contributed by atoms with Crippen LogP contribution in [0.1, 0.15) is 17.5 Å². The molecule has 22 heavy (non-hydrogen) atoms. The molecular formula is C17H16FNO2S. The van der Waals surface area contributed by atoms with Gasteiger partial charge in [-0.05, 0) is 36.1 Å². The third-order valence-corrected chi connectivity index (χ3v) is 5.13. The Morgan fingerprint density at radius 3 is 2.59 bits per heavy atom. The smallest absolute Gasteiger partial charge is 0.257 e. The van der Waals surface area contributed by atoms with Crippen LogP contribution in [0.25, 0.3) is 6.08 Å². The molecule has 114 valence electrons. The van der Waals surface area contributed by atoms with Crippen LogP contribution in [-0.4, -0.2) is 15.0 Å². The van der Waals surface area contributed by atoms with E-state index in [1.165, 1.54) is 16.4 Å². The predicted octanol–water partition coefficient (Wildman–Crippen LogP) is 3.58. The van der Waals surface area contributed by atoms with Crippen molar-refractivity contribution in [2.45, 2.75) is 12.8 Å². The summed E-state index contributed by atoms with van der Waals surface area (Å²) in [5, 5.41) is 1.14. The van der Waals surface area contributed by atoms with E-state index in [2.05, 4.69) is 0 Å². The van der Waals surface area contributed by atoms with Crippen LogP contribution in [0.15, 0.2) is 53.9 Å². The van der Waals surface area contributed by atoms with Crippen molar-refractivity contribution in [1.82, 2.24) is 0 Å². The Balaban J connectivity index is 1.96. The number of nitrogens with zero attached hydrogens (tertiary/aromatic N) is 1. The van der Waals surface area contributed by atoms with E-state index in [4.69, 9.17) is 0 Å². The van der Waals surface area contributed by atoms with Gasteiger partial charge in [-0.2, -0.15) is 0 Å². The largest absolute Gasteiger partial charge is 0.264 e. The number of sulfonamides is 1. The summed E-state index contributed by atoms with van der Waals surface area (Å²) in [6, 6.07) is 13.9. The molecule has 0 aromatic heterocycles. The van der Waals surface area contributed by atoms with Crippen LogP contribution in [0.2, 0.25) is 0 Å². The highest BCUT2D eigenvalue weighted by Gasteiger charge is 2.28. The van der Waals surface area contributed by atoms with Crippen LogP contribution < -0.4 is 4.31 Å². The lowest BCUT2D eigenvalue weighted by atomic mass is 10.0. The first-order chi connectivity index (χ1) is 10.6. The Labute approximate surface area is 129 Å². The Hall–Kier alpha value is -2.14. The van der Waals surface area contributed by atoms with Gasteiger partial charge in [0.15, 0.2) is 0 Å². The van der Waals surface area contributed by atoms with Gasteiger partial charge in [-0.15, -0.1) is 0 Å². The van der Waals surface area contributed by atoms with Crippen LogP contribution in [0, 0.1) is 5.82 Å². The minimum absolute atomic E-state index is 0.187. The maximum absolute atomic E-state index is 14.1. The monoisotopic (exact) mass is 317 g/mol. The lowest BCUT2D eigenvalue weighted by molar-refractivity contribution is 0.584. The number of anilines is 1. The van der Waals surface area contributed by atoms with E-state index in [1.54, 1.807) is 12.1 Å². The lowest BCUT2D eigenvalue weighted by Gasteiger charge is -2.29. The first kappa shape index (κ1) is 14.8. The van der Waals surface area contributed by atoms with Gasteiger partial charge in [-0.25, -0.2) is 12.8 Å². The predicted molar refractivity (Wildman–Crippen MR) is 86.5 cm³/mol. The molecule has 0 bridgehead atoms. The Bertz CT molecular complexity index is 801. The summed E-state index contributed by atoms with van der Waals surface area (Å²) in [5.41, 5.74) is 1.71. The Morgan fingerprint density at radius 2 is 1.82 bits per heavy atom. The second-order valence-electron chi connectivity index (χ2n) is 5.18. The number of hydrogen-bond acceptors (Lipinski definition) is 2. The van der Waals surface area contributed by atoms with E-state index in [0.29, 0.717) is 19.4 Å². The molecule has 1 aliphatic rings. The van der Waals surface area contributed by atoms with E-state index in [1.807, 2.05) is 30.3 Å². The quantitative estimate of drug-likeness (QED) is 0.868. The fourth-order valence-corrected chi connectivity index (χ4v) is 3.94. The zero-order valence-electron chi connectivity index (χ0n) is 11.9. The molecule has 0 saturated carbocycles. The van der Waals surface area contributed by atoms with Crippen LogP contribution >= 0.6 is 0 Å². The standard InChI is InChI=1S/C17H16FNO2S/c18-16-10-4-8-15-9-5-12-19(17(15)16)22(20,21)13-11-14-6-2-1-3-7-14/h1-4,6-8,10-11,13H,5,9,12H2/b13-11+. The molecule has 0 atom stereocenters. The number of benzene rings is 2. The molecule has 3 nitrogen and oxygen atoms in total. The number of aryl methyl sites for hydroxylation is 1. The van der Waals surface area contributed by atoms with E-state index in [9.17, 15) is 12.8 Å². The molecule has 2 aromatic carbocycles. The number of halogens is 1. The van der Waals surface area contributed by atoms with Crippen LogP contribution in [0.5, 0.6) is 0 Å². The van der Waals surface area contributed by atoms with Gasteiger partial charge in [-0.1, -0.05) is 42.5 Å². The average molecular weight is 317 g/mol. The summed E-state index contributed by atoms with van der Waals surface area (Å²) in [7, 11) is -3.70. The topological polar surface area (TPSA) is 37.4 Å². The molecule has 0 radical (unpaired) electrons. The van der Waals surface area contributed by atoms with Crippen LogP contribution in [0.3, 0.4) is 0 Å². The Morgan fingerprint density at radius 1 is 1.05 bits per heavy atom. The van der Waals surface area contributed by atoms with Crippen LogP contribution in [0.4, 0.5) is 10.1 Å². The summed E-state index contributed by atoms with van der Waals surface area (Å²) in [6.07, 6.45) is 2.92. The van der Waals surface area contributed by atoms with E-state index in [0.717, 1.165) is 16.5 Å². The van der Waals surface area contributed by atoms with Gasteiger partial charge in [0.1, 0.15) is 5.82 Å². The van der Waals surface area contributed by atoms with Gasteiger partial charge in [0, 0.05) is 6.54 Å². The third-order valence-electron chi connectivity index (χ3n) is 3.67. The first-order valence-electron chi connectivity index (χ1n) is 7.11. The number of fused-ring (bicyclic) bond motifs is 1. The van der Waals surface area contributed by atoms with Crippen molar-refractivity contribution in [1.29, 1.82) is 0 Å². The molecule has 5 heteroatoms. The van der Waals surface area contributed by atoms with Gasteiger partial charge < -0.3 is 0 Å². The van der Waals surface area contributed by atoms with Gasteiger partial charge >= 0.3 is 0 Å². The van der Waals surface area contributed by atoms with Crippen molar-refractivity contribution in [3.05, 3.63) is 70.9 Å². The second-order valence-corrected chi connectivity index (χ2v) is 6.92. The van der Waals surface area contributed by atoms with Crippen LogP contribution in [-0.2, 0) is 16.4 Å². The summed E-state index contributed by atoms with van der Waals surface area (Å²) >= 11 is 0. The normalized spacial score (nSPS) is 15.0. The van der Waals surface area contributed by atoms with Crippen molar-refractivity contribution in [2.75, 3.05) is 10.8 Å². The highest BCUT2D eigenvalue weighted by molar-refractivity contribution is 7.95. The molecule has 0 unspecified atom stereocenters. The summed E-state index contributed by atoms with van der Waals surface area (Å²) in [6.45, 7) is 0.301. The van der Waals surface area contributed by atoms with Crippen molar-refractivity contribution >= 4 is 21.8 Å². The maximum Gasteiger partial charge on any atom is 0.257 e. The van der Waals surface area contributed by atoms with Gasteiger partial charge in [0.05, 0.1) is 11.1 Å². The molecule has 1 aliphatic heterocycles. The Kier molecular flexibility index (Phi) is 3.98. The van der Waals surface area contributed by atoms with Gasteiger partial charge in [-0.3, -0.25) is 4.31 Å². The summed E-state index contributed by atoms with van der Waals surface area (Å²) in [4.78, 5) is 0. The molecule has 0 amide bonds. The zero-order chi connectivity index (χ0) is 15.6. The number of hydrogen-bond donors (Lipinski definition) is 0. The molecule has 1 heterocycles. The molecule has 0 spiro atoms. The average Bonchev–Trinajstić information content (AvgIpc) is 2.54.